The van der Waals surface area contributed by atoms with Gasteiger partial charge in [0.05, 0.1) is 0 Å². The van der Waals surface area contributed by atoms with Gasteiger partial charge in [-0.3, -0.25) is 4.79 Å². The number of amides is 3. The third-order valence-electron chi connectivity index (χ3n) is 4.07. The van der Waals surface area contributed by atoms with E-state index in [0.717, 1.165) is 18.4 Å². The van der Waals surface area contributed by atoms with Crippen molar-refractivity contribution in [2.45, 2.75) is 39.7 Å². The van der Waals surface area contributed by atoms with Crippen LogP contribution >= 0.6 is 0 Å². The highest BCUT2D eigenvalue weighted by atomic mass is 16.2. The summed E-state index contributed by atoms with van der Waals surface area (Å²) in [6, 6.07) is 9.33. The van der Waals surface area contributed by atoms with Crippen molar-refractivity contribution < 1.29 is 9.59 Å². The summed E-state index contributed by atoms with van der Waals surface area (Å²) < 4.78 is 2.09. The topological polar surface area (TPSA) is 75.2 Å². The number of anilines is 2. The molecule has 2 aromatic rings. The van der Waals surface area contributed by atoms with Crippen molar-refractivity contribution in [3.63, 3.8) is 0 Å². The molecule has 0 saturated heterocycles. The predicted octanol–water partition coefficient (Wildman–Crippen LogP) is 3.43. The molecule has 6 heteroatoms. The average Bonchev–Trinajstić information content (AvgIpc) is 2.93. The standard InChI is InChI=1S/C19H26N4O2/c1-13-7-9-16(12-18(13)21-15(3)24)22-19(25)20-14(2)8-10-17-6-5-11-23(17)4/h5-7,9,11-12,14H,8,10H2,1-4H3,(H,21,24)(H2,20,22,25)/t14-/m0/s1. The largest absolute Gasteiger partial charge is 0.354 e. The fourth-order valence-electron chi connectivity index (χ4n) is 2.61. The van der Waals surface area contributed by atoms with Gasteiger partial charge in [-0.2, -0.15) is 0 Å². The van der Waals surface area contributed by atoms with E-state index in [1.54, 1.807) is 6.07 Å². The third kappa shape index (κ3) is 5.67. The van der Waals surface area contributed by atoms with Crippen LogP contribution in [0.1, 0.15) is 31.5 Å². The van der Waals surface area contributed by atoms with Crippen molar-refractivity contribution in [1.29, 1.82) is 0 Å². The highest BCUT2D eigenvalue weighted by Crippen LogP contribution is 2.20. The molecule has 3 N–H and O–H groups in total. The first-order valence-corrected chi connectivity index (χ1v) is 8.41. The van der Waals surface area contributed by atoms with Crippen LogP contribution in [0, 0.1) is 6.92 Å². The number of carbonyl (C=O) groups is 2. The Morgan fingerprint density at radius 2 is 1.96 bits per heavy atom. The Bertz CT molecular complexity index is 752. The zero-order valence-electron chi connectivity index (χ0n) is 15.2. The minimum Gasteiger partial charge on any atom is -0.354 e. The predicted molar refractivity (Wildman–Crippen MR) is 101 cm³/mol. The summed E-state index contributed by atoms with van der Waals surface area (Å²) in [5.41, 5.74) is 3.52. The third-order valence-corrected chi connectivity index (χ3v) is 4.07. The fraction of sp³-hybridized carbons (Fsp3) is 0.368. The average molecular weight is 342 g/mol. The monoisotopic (exact) mass is 342 g/mol. The van der Waals surface area contributed by atoms with Crippen molar-refractivity contribution in [2.24, 2.45) is 7.05 Å². The Morgan fingerprint density at radius 3 is 2.60 bits per heavy atom. The van der Waals surface area contributed by atoms with Crippen LogP contribution in [0.25, 0.3) is 0 Å². The molecule has 0 aliphatic carbocycles. The maximum absolute atomic E-state index is 12.2. The van der Waals surface area contributed by atoms with Gasteiger partial charge in [0, 0.05) is 43.3 Å². The molecule has 134 valence electrons. The molecular formula is C19H26N4O2. The molecule has 1 heterocycles. The summed E-state index contributed by atoms with van der Waals surface area (Å²) in [6.45, 7) is 5.35. The molecule has 2 rings (SSSR count). The molecule has 25 heavy (non-hydrogen) atoms. The van der Waals surface area contributed by atoms with Crippen LogP contribution in [0.5, 0.6) is 0 Å². The molecule has 1 aromatic carbocycles. The van der Waals surface area contributed by atoms with Gasteiger partial charge in [0.1, 0.15) is 0 Å². The molecule has 0 aliphatic rings. The van der Waals surface area contributed by atoms with Gasteiger partial charge in [-0.15, -0.1) is 0 Å². The van der Waals surface area contributed by atoms with E-state index in [1.807, 2.05) is 45.3 Å². The molecule has 0 bridgehead atoms. The second-order valence-electron chi connectivity index (χ2n) is 6.36. The van der Waals surface area contributed by atoms with Crippen molar-refractivity contribution in [3.8, 4) is 0 Å². The van der Waals surface area contributed by atoms with Crippen LogP contribution in [0.2, 0.25) is 0 Å². The van der Waals surface area contributed by atoms with Crippen molar-refractivity contribution >= 4 is 23.3 Å². The number of rotatable bonds is 6. The number of urea groups is 1. The SMILES string of the molecule is CC(=O)Nc1cc(NC(=O)N[C@@H](C)CCc2cccn2C)ccc1C. The second kappa shape index (κ2) is 8.37. The van der Waals surface area contributed by atoms with Gasteiger partial charge in [0.2, 0.25) is 5.91 Å². The lowest BCUT2D eigenvalue weighted by molar-refractivity contribution is -0.114. The van der Waals surface area contributed by atoms with Gasteiger partial charge >= 0.3 is 6.03 Å². The number of nitrogens with zero attached hydrogens (tertiary/aromatic N) is 1. The van der Waals surface area contributed by atoms with Crippen molar-refractivity contribution in [1.82, 2.24) is 9.88 Å². The number of aryl methyl sites for hydroxylation is 3. The lowest BCUT2D eigenvalue weighted by Crippen LogP contribution is -2.36. The van der Waals surface area contributed by atoms with E-state index >= 15 is 0 Å². The normalized spacial score (nSPS) is 11.7. The van der Waals surface area contributed by atoms with Crippen molar-refractivity contribution in [3.05, 3.63) is 47.8 Å². The smallest absolute Gasteiger partial charge is 0.319 e. The Kier molecular flexibility index (Phi) is 6.22. The minimum atomic E-state index is -0.253. The lowest BCUT2D eigenvalue weighted by Gasteiger charge is -2.16. The van der Waals surface area contributed by atoms with E-state index in [1.165, 1.54) is 12.6 Å². The molecule has 0 radical (unpaired) electrons. The Labute approximate surface area is 148 Å². The van der Waals surface area contributed by atoms with Crippen LogP contribution in [-0.4, -0.2) is 22.5 Å². The van der Waals surface area contributed by atoms with Crippen LogP contribution in [0.3, 0.4) is 0 Å². The molecule has 0 spiro atoms. The number of aromatic nitrogens is 1. The summed E-state index contributed by atoms with van der Waals surface area (Å²) in [6.07, 6.45) is 3.78. The summed E-state index contributed by atoms with van der Waals surface area (Å²) in [5, 5.41) is 8.51. The Hall–Kier alpha value is -2.76. The summed E-state index contributed by atoms with van der Waals surface area (Å²) >= 11 is 0. The van der Waals surface area contributed by atoms with E-state index in [2.05, 4.69) is 26.6 Å². The number of carbonyl (C=O) groups excluding carboxylic acids is 2. The quantitative estimate of drug-likeness (QED) is 0.752. The van der Waals surface area contributed by atoms with Crippen LogP contribution in [0.4, 0.5) is 16.2 Å². The van der Waals surface area contributed by atoms with Crippen LogP contribution < -0.4 is 16.0 Å². The number of nitrogens with one attached hydrogen (secondary N) is 3. The van der Waals surface area contributed by atoms with E-state index in [4.69, 9.17) is 0 Å². The van der Waals surface area contributed by atoms with E-state index in [-0.39, 0.29) is 18.0 Å². The highest BCUT2D eigenvalue weighted by molar-refractivity contribution is 5.93. The van der Waals surface area contributed by atoms with Gasteiger partial charge in [-0.25, -0.2) is 4.79 Å². The van der Waals surface area contributed by atoms with E-state index in [0.29, 0.717) is 11.4 Å². The molecule has 0 saturated carbocycles. The molecule has 0 fully saturated rings. The summed E-state index contributed by atoms with van der Waals surface area (Å²) in [7, 11) is 2.02. The number of hydrogen-bond acceptors (Lipinski definition) is 2. The highest BCUT2D eigenvalue weighted by Gasteiger charge is 2.10. The first-order valence-electron chi connectivity index (χ1n) is 8.41. The first kappa shape index (κ1) is 18.6. The van der Waals surface area contributed by atoms with E-state index < -0.39 is 0 Å². The molecule has 1 atom stereocenters. The maximum atomic E-state index is 12.2. The lowest BCUT2D eigenvalue weighted by atomic mass is 10.1. The summed E-state index contributed by atoms with van der Waals surface area (Å²) in [4.78, 5) is 23.4. The molecule has 0 aliphatic heterocycles. The van der Waals surface area contributed by atoms with Gasteiger partial charge in [-0.1, -0.05) is 6.07 Å². The van der Waals surface area contributed by atoms with Gasteiger partial charge in [0.25, 0.3) is 0 Å². The number of benzene rings is 1. The summed E-state index contributed by atoms with van der Waals surface area (Å²) in [5.74, 6) is -0.140. The molecule has 1 aromatic heterocycles. The fourth-order valence-corrected chi connectivity index (χ4v) is 2.61. The van der Waals surface area contributed by atoms with Gasteiger partial charge < -0.3 is 20.5 Å². The second-order valence-corrected chi connectivity index (χ2v) is 6.36. The molecule has 6 nitrogen and oxygen atoms in total. The molecule has 3 amide bonds. The minimum absolute atomic E-state index is 0.0511. The zero-order valence-corrected chi connectivity index (χ0v) is 15.2. The Balaban J connectivity index is 1.87. The maximum Gasteiger partial charge on any atom is 0.319 e. The van der Waals surface area contributed by atoms with Crippen LogP contribution in [-0.2, 0) is 18.3 Å². The van der Waals surface area contributed by atoms with Crippen molar-refractivity contribution in [2.75, 3.05) is 10.6 Å². The van der Waals surface area contributed by atoms with E-state index in [9.17, 15) is 9.59 Å². The molecular weight excluding hydrogens is 316 g/mol. The number of hydrogen-bond donors (Lipinski definition) is 3. The Morgan fingerprint density at radius 1 is 1.20 bits per heavy atom. The molecule has 0 unspecified atom stereocenters. The van der Waals surface area contributed by atoms with Crippen LogP contribution in [0.15, 0.2) is 36.5 Å². The first-order chi connectivity index (χ1) is 11.8. The van der Waals surface area contributed by atoms with Gasteiger partial charge in [-0.05, 0) is 56.5 Å². The zero-order chi connectivity index (χ0) is 18.4. The van der Waals surface area contributed by atoms with Gasteiger partial charge in [0.15, 0.2) is 0 Å².